The molecule has 0 radical (unpaired) electrons. The highest BCUT2D eigenvalue weighted by Crippen LogP contribution is 2.40. The van der Waals surface area contributed by atoms with Crippen LogP contribution in [0.5, 0.6) is 17.4 Å². The average molecular weight is 428 g/mol. The van der Waals surface area contributed by atoms with E-state index in [1.165, 1.54) is 0 Å². The van der Waals surface area contributed by atoms with E-state index in [0.717, 1.165) is 11.1 Å². The molecular formula is C23H19F3N2O3. The molecule has 1 N–H and O–H groups in total. The number of rotatable bonds is 6. The number of benzene rings is 2. The van der Waals surface area contributed by atoms with Gasteiger partial charge in [-0.3, -0.25) is 4.79 Å². The van der Waals surface area contributed by atoms with Gasteiger partial charge in [0.15, 0.2) is 6.10 Å². The molecule has 5 nitrogen and oxygen atoms in total. The molecule has 3 aromatic rings. The van der Waals surface area contributed by atoms with E-state index >= 15 is 0 Å². The fraction of sp³-hybridized carbons (Fsp3) is 0.217. The Labute approximate surface area is 176 Å². The van der Waals surface area contributed by atoms with Crippen LogP contribution in [0.1, 0.15) is 12.0 Å². The summed E-state index contributed by atoms with van der Waals surface area (Å²) in [4.78, 5) is 16.5. The smallest absolute Gasteiger partial charge is 0.390 e. The number of aromatic nitrogens is 1. The van der Waals surface area contributed by atoms with Crippen molar-refractivity contribution in [2.45, 2.75) is 25.1 Å². The molecule has 0 fully saturated rings. The molecule has 0 saturated carbocycles. The quantitative estimate of drug-likeness (QED) is 0.606. The van der Waals surface area contributed by atoms with E-state index in [4.69, 9.17) is 9.47 Å². The standard InChI is InChI=1S/C23H19F3N2O3/c24-23(25,26)11-13-27-21(29)20-14-18-16(10-12-28-22(18)31-20)17-8-4-5-9-19(17)30-15-6-2-1-3-7-15/h1-10,12,20H,11,13-14H2,(H,27,29). The van der Waals surface area contributed by atoms with Crippen LogP contribution in [-0.2, 0) is 11.2 Å². The fourth-order valence-corrected chi connectivity index (χ4v) is 3.37. The molecule has 4 rings (SSSR count). The van der Waals surface area contributed by atoms with Crippen molar-refractivity contribution in [1.29, 1.82) is 0 Å². The molecule has 8 heteroatoms. The summed E-state index contributed by atoms with van der Waals surface area (Å²) in [5.41, 5.74) is 2.30. The first-order valence-corrected chi connectivity index (χ1v) is 9.72. The van der Waals surface area contributed by atoms with Crippen LogP contribution in [0.3, 0.4) is 0 Å². The van der Waals surface area contributed by atoms with Crippen LogP contribution >= 0.6 is 0 Å². The SMILES string of the molecule is O=C(NCCC(F)(F)F)C1Cc2c(-c3ccccc3Oc3ccccc3)ccnc2O1. The van der Waals surface area contributed by atoms with Gasteiger partial charge in [0.25, 0.3) is 5.91 Å². The molecule has 1 aliphatic rings. The van der Waals surface area contributed by atoms with Gasteiger partial charge in [-0.2, -0.15) is 13.2 Å². The van der Waals surface area contributed by atoms with Gasteiger partial charge in [0.05, 0.1) is 6.42 Å². The van der Waals surface area contributed by atoms with Gasteiger partial charge in [-0.05, 0) is 29.8 Å². The maximum Gasteiger partial charge on any atom is 0.390 e. The van der Waals surface area contributed by atoms with Crippen molar-refractivity contribution >= 4 is 5.91 Å². The van der Waals surface area contributed by atoms with Crippen LogP contribution in [0, 0.1) is 0 Å². The molecule has 0 bridgehead atoms. The fourth-order valence-electron chi connectivity index (χ4n) is 3.37. The lowest BCUT2D eigenvalue weighted by molar-refractivity contribution is -0.137. The minimum absolute atomic E-state index is 0.204. The molecule has 1 aliphatic heterocycles. The maximum absolute atomic E-state index is 12.3. The number of hydrogen-bond acceptors (Lipinski definition) is 4. The molecule has 0 spiro atoms. The second-order valence-electron chi connectivity index (χ2n) is 7.02. The van der Waals surface area contributed by atoms with Gasteiger partial charge in [-0.1, -0.05) is 36.4 Å². The monoisotopic (exact) mass is 428 g/mol. The summed E-state index contributed by atoms with van der Waals surface area (Å²) in [7, 11) is 0. The van der Waals surface area contributed by atoms with Crippen molar-refractivity contribution in [3.63, 3.8) is 0 Å². The number of amides is 1. The van der Waals surface area contributed by atoms with Crippen molar-refractivity contribution in [3.05, 3.63) is 72.4 Å². The second-order valence-corrected chi connectivity index (χ2v) is 7.02. The van der Waals surface area contributed by atoms with Crippen LogP contribution in [0.4, 0.5) is 13.2 Å². The largest absolute Gasteiger partial charge is 0.464 e. The van der Waals surface area contributed by atoms with Gasteiger partial charge < -0.3 is 14.8 Å². The number of nitrogens with zero attached hydrogens (tertiary/aromatic N) is 1. The summed E-state index contributed by atoms with van der Waals surface area (Å²) in [5.74, 6) is 1.00. The van der Waals surface area contributed by atoms with Gasteiger partial charge in [0.1, 0.15) is 11.5 Å². The highest BCUT2D eigenvalue weighted by atomic mass is 19.4. The first kappa shape index (κ1) is 20.7. The molecule has 160 valence electrons. The molecule has 1 amide bonds. The van der Waals surface area contributed by atoms with Crippen LogP contribution < -0.4 is 14.8 Å². The Hall–Kier alpha value is -3.55. The Morgan fingerprint density at radius 2 is 1.81 bits per heavy atom. The Morgan fingerprint density at radius 3 is 2.58 bits per heavy atom. The summed E-state index contributed by atoms with van der Waals surface area (Å²) >= 11 is 0. The summed E-state index contributed by atoms with van der Waals surface area (Å²) in [6.45, 7) is -0.493. The zero-order chi connectivity index (χ0) is 21.8. The zero-order valence-corrected chi connectivity index (χ0v) is 16.4. The van der Waals surface area contributed by atoms with Crippen molar-refractivity contribution < 1.29 is 27.4 Å². The Kier molecular flexibility index (Phi) is 5.79. The second kappa shape index (κ2) is 8.67. The van der Waals surface area contributed by atoms with E-state index in [1.807, 2.05) is 54.6 Å². The van der Waals surface area contributed by atoms with E-state index in [2.05, 4.69) is 10.3 Å². The minimum atomic E-state index is -4.33. The van der Waals surface area contributed by atoms with Crippen LogP contribution in [-0.4, -0.2) is 29.7 Å². The van der Waals surface area contributed by atoms with E-state index in [-0.39, 0.29) is 6.42 Å². The number of carbonyl (C=O) groups is 1. The number of nitrogens with one attached hydrogen (secondary N) is 1. The third-order valence-electron chi connectivity index (χ3n) is 4.81. The first-order valence-electron chi connectivity index (χ1n) is 9.72. The molecule has 1 aromatic heterocycles. The summed E-state index contributed by atoms with van der Waals surface area (Å²) < 4.78 is 48.6. The maximum atomic E-state index is 12.3. The average Bonchev–Trinajstić information content (AvgIpc) is 3.19. The number of ether oxygens (including phenoxy) is 2. The third-order valence-corrected chi connectivity index (χ3v) is 4.81. The first-order chi connectivity index (χ1) is 14.9. The summed E-state index contributed by atoms with van der Waals surface area (Å²) in [6, 6.07) is 18.6. The number of hydrogen-bond donors (Lipinski definition) is 1. The molecule has 2 aromatic carbocycles. The minimum Gasteiger partial charge on any atom is -0.464 e. The number of fused-ring (bicyclic) bond motifs is 1. The van der Waals surface area contributed by atoms with Crippen molar-refractivity contribution in [2.24, 2.45) is 0 Å². The number of halogens is 3. The molecular weight excluding hydrogens is 409 g/mol. The highest BCUT2D eigenvalue weighted by Gasteiger charge is 2.33. The molecule has 0 saturated heterocycles. The summed E-state index contributed by atoms with van der Waals surface area (Å²) in [5, 5.41) is 2.28. The normalized spacial score (nSPS) is 15.1. The number of para-hydroxylation sites is 2. The predicted molar refractivity (Wildman–Crippen MR) is 108 cm³/mol. The highest BCUT2D eigenvalue weighted by molar-refractivity contribution is 5.84. The van der Waals surface area contributed by atoms with E-state index in [9.17, 15) is 18.0 Å². The molecule has 31 heavy (non-hydrogen) atoms. The Balaban J connectivity index is 1.54. The molecule has 1 atom stereocenters. The van der Waals surface area contributed by atoms with Crippen molar-refractivity contribution in [2.75, 3.05) is 6.54 Å². The van der Waals surface area contributed by atoms with Crippen LogP contribution in [0.15, 0.2) is 66.9 Å². The molecule has 2 heterocycles. The number of carbonyl (C=O) groups excluding carboxylic acids is 1. The van der Waals surface area contributed by atoms with Crippen molar-refractivity contribution in [3.8, 4) is 28.5 Å². The Morgan fingerprint density at radius 1 is 1.06 bits per heavy atom. The summed E-state index contributed by atoms with van der Waals surface area (Å²) in [6.07, 6.45) is -4.58. The molecule has 0 aliphatic carbocycles. The van der Waals surface area contributed by atoms with Gasteiger partial charge >= 0.3 is 6.18 Å². The predicted octanol–water partition coefficient (Wildman–Crippen LogP) is 4.91. The van der Waals surface area contributed by atoms with E-state index < -0.39 is 31.2 Å². The van der Waals surface area contributed by atoms with Crippen molar-refractivity contribution in [1.82, 2.24) is 10.3 Å². The van der Waals surface area contributed by atoms with E-state index in [0.29, 0.717) is 22.9 Å². The van der Waals surface area contributed by atoms with Gasteiger partial charge in [-0.25, -0.2) is 4.98 Å². The zero-order valence-electron chi connectivity index (χ0n) is 16.4. The van der Waals surface area contributed by atoms with Crippen LogP contribution in [0.2, 0.25) is 0 Å². The van der Waals surface area contributed by atoms with Gasteiger partial charge in [0.2, 0.25) is 5.88 Å². The number of alkyl halides is 3. The molecule has 1 unspecified atom stereocenters. The van der Waals surface area contributed by atoms with Gasteiger partial charge in [-0.15, -0.1) is 0 Å². The third kappa shape index (κ3) is 4.96. The lowest BCUT2D eigenvalue weighted by Crippen LogP contribution is -2.39. The number of pyridine rings is 1. The van der Waals surface area contributed by atoms with Gasteiger partial charge in [0, 0.05) is 30.3 Å². The van der Waals surface area contributed by atoms with E-state index in [1.54, 1.807) is 12.3 Å². The topological polar surface area (TPSA) is 60.5 Å². The van der Waals surface area contributed by atoms with Crippen LogP contribution in [0.25, 0.3) is 11.1 Å². The lowest BCUT2D eigenvalue weighted by atomic mass is 9.98. The lowest BCUT2D eigenvalue weighted by Gasteiger charge is -2.13. The Bertz CT molecular complexity index is 1070.